The van der Waals surface area contributed by atoms with Crippen molar-refractivity contribution < 1.29 is 27.1 Å². The van der Waals surface area contributed by atoms with Crippen LogP contribution in [0.25, 0.3) is 11.1 Å². The van der Waals surface area contributed by atoms with E-state index < -0.39 is 0 Å². The molecular formula is C19H18Zr-2. The predicted octanol–water partition coefficient (Wildman–Crippen LogP) is 4.55. The fourth-order valence-electron chi connectivity index (χ4n) is 2.34. The molecule has 2 aliphatic rings. The van der Waals surface area contributed by atoms with Crippen LogP contribution in [-0.2, 0) is 30.7 Å². The molecular weight excluding hydrogens is 319 g/mol. The molecule has 0 N–H and O–H groups in total. The summed E-state index contributed by atoms with van der Waals surface area (Å²) in [6.07, 6.45) is 11.0. The van der Waals surface area contributed by atoms with Crippen LogP contribution in [0.4, 0.5) is 0 Å². The molecule has 4 rings (SSSR count). The number of allylic oxidation sites excluding steroid dienone is 4. The van der Waals surface area contributed by atoms with Gasteiger partial charge in [-0.1, -0.05) is 35.4 Å². The van der Waals surface area contributed by atoms with Gasteiger partial charge in [0.15, 0.2) is 0 Å². The molecule has 100 valence electrons. The second kappa shape index (κ2) is 8.07. The van der Waals surface area contributed by atoms with Crippen LogP contribution in [0.5, 0.6) is 0 Å². The predicted molar refractivity (Wildman–Crippen MR) is 84.4 cm³/mol. The van der Waals surface area contributed by atoms with E-state index in [2.05, 4.69) is 58.8 Å². The van der Waals surface area contributed by atoms with Crippen molar-refractivity contribution in [3.63, 3.8) is 0 Å². The molecule has 20 heavy (non-hydrogen) atoms. The van der Waals surface area contributed by atoms with E-state index in [0.717, 1.165) is 12.8 Å². The minimum Gasteiger partial charge on any atom is -1.00 e. The number of fused-ring (bicyclic) bond motifs is 3. The molecule has 0 saturated heterocycles. The topological polar surface area (TPSA) is 0 Å². The molecule has 0 saturated carbocycles. The van der Waals surface area contributed by atoms with E-state index in [0.29, 0.717) is 0 Å². The SMILES string of the molecule is [C-]1=CC=CC1.[CH2]=[Zr+2].[H-].[H-].[c-]1cccc2c1Cc1ccccc1-2. The van der Waals surface area contributed by atoms with Crippen molar-refractivity contribution in [2.24, 2.45) is 0 Å². The van der Waals surface area contributed by atoms with E-state index in [4.69, 9.17) is 0 Å². The molecule has 0 fully saturated rings. The van der Waals surface area contributed by atoms with Crippen molar-refractivity contribution in [2.75, 3.05) is 0 Å². The summed E-state index contributed by atoms with van der Waals surface area (Å²) in [7, 11) is 0. The molecule has 2 aliphatic carbocycles. The third kappa shape index (κ3) is 3.61. The molecule has 0 radical (unpaired) electrons. The summed E-state index contributed by atoms with van der Waals surface area (Å²) in [5, 5.41) is 0. The minimum absolute atomic E-state index is 0. The number of benzene rings is 2. The monoisotopic (exact) mass is 336 g/mol. The summed E-state index contributed by atoms with van der Waals surface area (Å²) in [6.45, 7) is 0. The average molecular weight is 338 g/mol. The van der Waals surface area contributed by atoms with E-state index in [-0.39, 0.29) is 2.85 Å². The van der Waals surface area contributed by atoms with Crippen molar-refractivity contribution >= 4 is 4.21 Å². The molecule has 1 heteroatoms. The van der Waals surface area contributed by atoms with Gasteiger partial charge in [-0.2, -0.15) is 35.9 Å². The Hall–Kier alpha value is -1.33. The van der Waals surface area contributed by atoms with Crippen LogP contribution in [0.3, 0.4) is 0 Å². The molecule has 2 aromatic rings. The molecule has 0 nitrogen and oxygen atoms in total. The van der Waals surface area contributed by atoms with Crippen molar-refractivity contribution in [3.8, 4) is 11.1 Å². The first-order chi connectivity index (χ1) is 9.95. The summed E-state index contributed by atoms with van der Waals surface area (Å²) in [5.74, 6) is 0. The number of rotatable bonds is 0. The van der Waals surface area contributed by atoms with Crippen LogP contribution >= 0.6 is 0 Å². The van der Waals surface area contributed by atoms with Gasteiger partial charge < -0.3 is 2.85 Å². The standard InChI is InChI=1S/C13H9.C5H5.CH2.Zr.2H/c1-3-7-12-10(5-1)9-11-6-2-4-8-13(11)12;1-2-4-5-3-1;;;;/h1-5,7-8H,9H2;1-3H,4H2;1H2;;;/q2*-1;;+2;2*-1. The molecule has 0 spiro atoms. The smallest absolute Gasteiger partial charge is 0.0253 e. The Kier molecular flexibility index (Phi) is 6.08. The summed E-state index contributed by atoms with van der Waals surface area (Å²) in [6, 6.07) is 18.1. The van der Waals surface area contributed by atoms with Crippen LogP contribution < -0.4 is 0 Å². The Morgan fingerprint density at radius 1 is 1.05 bits per heavy atom. The Morgan fingerprint density at radius 2 is 1.85 bits per heavy atom. The van der Waals surface area contributed by atoms with E-state index in [1.54, 1.807) is 0 Å². The van der Waals surface area contributed by atoms with E-state index in [9.17, 15) is 0 Å². The zero-order valence-corrected chi connectivity index (χ0v) is 13.9. The van der Waals surface area contributed by atoms with E-state index in [1.807, 2.05) is 18.2 Å². The fourth-order valence-corrected chi connectivity index (χ4v) is 2.34. The van der Waals surface area contributed by atoms with Crippen LogP contribution in [0, 0.1) is 12.1 Å². The van der Waals surface area contributed by atoms with Crippen molar-refractivity contribution in [1.82, 2.24) is 0 Å². The summed E-state index contributed by atoms with van der Waals surface area (Å²) in [4.78, 5) is 0. The van der Waals surface area contributed by atoms with Crippen LogP contribution in [0.2, 0.25) is 0 Å². The molecule has 0 aromatic heterocycles. The summed E-state index contributed by atoms with van der Waals surface area (Å²) in [5.41, 5.74) is 5.51. The number of hydrogen-bond donors (Lipinski definition) is 0. The zero-order valence-electron chi connectivity index (χ0n) is 13.4. The summed E-state index contributed by atoms with van der Waals surface area (Å²) < 4.78 is 3.34. The minimum atomic E-state index is 0. The van der Waals surface area contributed by atoms with Gasteiger partial charge in [-0.05, 0) is 6.42 Å². The van der Waals surface area contributed by atoms with Crippen molar-refractivity contribution in [3.05, 3.63) is 84.0 Å². The quantitative estimate of drug-likeness (QED) is 0.528. The molecule has 2 aromatic carbocycles. The molecule has 0 heterocycles. The molecule has 0 atom stereocenters. The van der Waals surface area contributed by atoms with Gasteiger partial charge in [0, 0.05) is 0 Å². The molecule has 0 aliphatic heterocycles. The first kappa shape index (κ1) is 15.1. The van der Waals surface area contributed by atoms with Gasteiger partial charge in [-0.3, -0.25) is 6.08 Å². The second-order valence-electron chi connectivity index (χ2n) is 4.40. The Morgan fingerprint density at radius 3 is 2.55 bits per heavy atom. The largest absolute Gasteiger partial charge is 1.00 e. The maximum absolute atomic E-state index is 3.34. The first-order valence-electron chi connectivity index (χ1n) is 6.60. The van der Waals surface area contributed by atoms with Crippen LogP contribution in [0.1, 0.15) is 20.4 Å². The van der Waals surface area contributed by atoms with Crippen LogP contribution in [0.15, 0.2) is 60.7 Å². The zero-order chi connectivity index (χ0) is 14.2. The fraction of sp³-hybridized carbons (Fsp3) is 0.105. The second-order valence-corrected chi connectivity index (χ2v) is 4.40. The van der Waals surface area contributed by atoms with Gasteiger partial charge in [0.1, 0.15) is 0 Å². The Balaban J connectivity index is 0.000000422. The summed E-state index contributed by atoms with van der Waals surface area (Å²) >= 11 is 1.30. The van der Waals surface area contributed by atoms with Crippen molar-refractivity contribution in [1.29, 1.82) is 0 Å². The van der Waals surface area contributed by atoms with Gasteiger partial charge in [0.2, 0.25) is 0 Å². The van der Waals surface area contributed by atoms with Crippen LogP contribution in [-0.4, -0.2) is 4.21 Å². The first-order valence-corrected chi connectivity index (χ1v) is 8.34. The Bertz CT molecular complexity index is 579. The molecule has 0 bridgehead atoms. The van der Waals surface area contributed by atoms with Gasteiger partial charge in [0.05, 0.1) is 0 Å². The molecule has 0 unspecified atom stereocenters. The molecule has 0 amide bonds. The van der Waals surface area contributed by atoms with Gasteiger partial charge in [-0.15, -0.1) is 12.0 Å². The average Bonchev–Trinajstić information content (AvgIpc) is 3.20. The van der Waals surface area contributed by atoms with Gasteiger partial charge in [-0.25, -0.2) is 12.2 Å². The van der Waals surface area contributed by atoms with Gasteiger partial charge in [0.25, 0.3) is 0 Å². The van der Waals surface area contributed by atoms with Gasteiger partial charge >= 0.3 is 28.4 Å². The third-order valence-corrected chi connectivity index (χ3v) is 3.20. The third-order valence-electron chi connectivity index (χ3n) is 3.20. The maximum atomic E-state index is 3.34. The maximum Gasteiger partial charge on any atom is -0.0253 e. The normalized spacial score (nSPS) is 12.7. The van der Waals surface area contributed by atoms with Crippen molar-refractivity contribution in [2.45, 2.75) is 12.8 Å². The Labute approximate surface area is 139 Å². The van der Waals surface area contributed by atoms with E-state index in [1.165, 1.54) is 46.5 Å². The van der Waals surface area contributed by atoms with E-state index >= 15 is 0 Å². The number of hydrogen-bond acceptors (Lipinski definition) is 0.